The van der Waals surface area contributed by atoms with Crippen LogP contribution in [0.3, 0.4) is 0 Å². The molecule has 0 spiro atoms. The third-order valence-corrected chi connectivity index (χ3v) is 7.06. The van der Waals surface area contributed by atoms with E-state index in [2.05, 4.69) is 0 Å². The first-order valence-corrected chi connectivity index (χ1v) is 8.77. The van der Waals surface area contributed by atoms with Crippen molar-refractivity contribution in [1.82, 2.24) is 0 Å². The van der Waals surface area contributed by atoms with E-state index in [0.717, 1.165) is 6.42 Å². The van der Waals surface area contributed by atoms with Crippen LogP contribution in [0.2, 0.25) is 0 Å². The SMILES string of the molecule is O=S1(=O)C2C=C(Cc3c(F)c(F)c(F)c(F)c3F)CC1CCC2. The second-order valence-corrected chi connectivity index (χ2v) is 8.38. The van der Waals surface area contributed by atoms with E-state index in [0.29, 0.717) is 18.4 Å². The molecule has 0 radical (unpaired) electrons. The first-order valence-electron chi connectivity index (χ1n) is 7.16. The molecule has 1 fully saturated rings. The lowest BCUT2D eigenvalue weighted by Crippen LogP contribution is -2.39. The van der Waals surface area contributed by atoms with Crippen LogP contribution in [0, 0.1) is 29.1 Å². The summed E-state index contributed by atoms with van der Waals surface area (Å²) in [6, 6.07) is 0. The van der Waals surface area contributed by atoms with Gasteiger partial charge in [-0.05, 0) is 25.7 Å². The molecule has 0 saturated carbocycles. The van der Waals surface area contributed by atoms with Crippen LogP contribution in [-0.2, 0) is 16.3 Å². The molecule has 1 saturated heterocycles. The highest BCUT2D eigenvalue weighted by Crippen LogP contribution is 2.37. The summed E-state index contributed by atoms with van der Waals surface area (Å²) in [4.78, 5) is 0. The zero-order valence-electron chi connectivity index (χ0n) is 11.9. The Hall–Kier alpha value is -1.44. The number of halogens is 5. The molecule has 0 N–H and O–H groups in total. The lowest BCUT2D eigenvalue weighted by molar-refractivity contribution is 0.370. The number of allylic oxidation sites excluding steroid dienone is 1. The fourth-order valence-electron chi connectivity index (χ4n) is 3.31. The number of hydrogen-bond acceptors (Lipinski definition) is 2. The van der Waals surface area contributed by atoms with Gasteiger partial charge in [-0.3, -0.25) is 0 Å². The van der Waals surface area contributed by atoms with E-state index in [9.17, 15) is 30.4 Å². The molecule has 2 atom stereocenters. The van der Waals surface area contributed by atoms with Gasteiger partial charge in [0, 0.05) is 5.56 Å². The maximum Gasteiger partial charge on any atom is 0.200 e. The van der Waals surface area contributed by atoms with Crippen molar-refractivity contribution in [2.24, 2.45) is 0 Å². The Kier molecular flexibility index (Phi) is 3.98. The lowest BCUT2D eigenvalue weighted by atomic mass is 9.93. The molecule has 0 aromatic heterocycles. The van der Waals surface area contributed by atoms with Gasteiger partial charge in [-0.2, -0.15) is 0 Å². The van der Waals surface area contributed by atoms with Crippen LogP contribution < -0.4 is 0 Å². The second kappa shape index (κ2) is 5.58. The van der Waals surface area contributed by atoms with Crippen LogP contribution in [0.15, 0.2) is 11.6 Å². The van der Waals surface area contributed by atoms with Crippen LogP contribution >= 0.6 is 0 Å². The van der Waals surface area contributed by atoms with Gasteiger partial charge in [-0.15, -0.1) is 0 Å². The van der Waals surface area contributed by atoms with Gasteiger partial charge in [0.2, 0.25) is 5.82 Å². The summed E-state index contributed by atoms with van der Waals surface area (Å²) < 4.78 is 91.2. The summed E-state index contributed by atoms with van der Waals surface area (Å²) in [6.45, 7) is 0. The van der Waals surface area contributed by atoms with Gasteiger partial charge in [0.05, 0.1) is 10.5 Å². The summed E-state index contributed by atoms with van der Waals surface area (Å²) in [6.07, 6.45) is 2.60. The molecule has 2 unspecified atom stereocenters. The quantitative estimate of drug-likeness (QED) is 0.353. The Morgan fingerprint density at radius 2 is 1.48 bits per heavy atom. The molecule has 2 nitrogen and oxygen atoms in total. The number of rotatable bonds is 2. The molecular weight excluding hydrogens is 339 g/mol. The molecule has 23 heavy (non-hydrogen) atoms. The zero-order valence-corrected chi connectivity index (χ0v) is 12.7. The Bertz CT molecular complexity index is 772. The molecule has 1 aromatic rings. The molecule has 126 valence electrons. The number of hydrogen-bond donors (Lipinski definition) is 0. The molecule has 0 amide bonds. The van der Waals surface area contributed by atoms with Crippen LogP contribution in [0.5, 0.6) is 0 Å². The lowest BCUT2D eigenvalue weighted by Gasteiger charge is -2.33. The fourth-order valence-corrected chi connectivity index (χ4v) is 5.62. The first-order chi connectivity index (χ1) is 10.7. The van der Waals surface area contributed by atoms with Gasteiger partial charge in [-0.25, -0.2) is 30.4 Å². The Morgan fingerprint density at radius 3 is 2.04 bits per heavy atom. The van der Waals surface area contributed by atoms with E-state index in [1.807, 2.05) is 0 Å². The van der Waals surface area contributed by atoms with Crippen molar-refractivity contribution >= 4 is 9.84 Å². The summed E-state index contributed by atoms with van der Waals surface area (Å²) in [5.74, 6) is -9.88. The van der Waals surface area contributed by atoms with E-state index in [4.69, 9.17) is 0 Å². The summed E-state index contributed by atoms with van der Waals surface area (Å²) in [5, 5.41) is -1.37. The van der Waals surface area contributed by atoms with Crippen molar-refractivity contribution in [2.45, 2.75) is 42.6 Å². The normalized spacial score (nSPS) is 26.0. The molecular formula is C15H13F5O2S. The van der Waals surface area contributed by atoms with Crippen LogP contribution in [0.1, 0.15) is 31.2 Å². The van der Waals surface area contributed by atoms with Crippen molar-refractivity contribution in [3.8, 4) is 0 Å². The van der Waals surface area contributed by atoms with E-state index >= 15 is 0 Å². The molecule has 2 bridgehead atoms. The fraction of sp³-hybridized carbons (Fsp3) is 0.467. The topological polar surface area (TPSA) is 34.1 Å². The Labute approximate surface area is 129 Å². The highest BCUT2D eigenvalue weighted by molar-refractivity contribution is 7.92. The van der Waals surface area contributed by atoms with Gasteiger partial charge < -0.3 is 0 Å². The molecule has 8 heteroatoms. The highest BCUT2D eigenvalue weighted by atomic mass is 32.2. The van der Waals surface area contributed by atoms with Crippen LogP contribution in [-0.4, -0.2) is 18.9 Å². The van der Waals surface area contributed by atoms with Crippen molar-refractivity contribution in [1.29, 1.82) is 0 Å². The van der Waals surface area contributed by atoms with Crippen molar-refractivity contribution in [2.75, 3.05) is 0 Å². The van der Waals surface area contributed by atoms with Gasteiger partial charge in [0.1, 0.15) is 0 Å². The van der Waals surface area contributed by atoms with Gasteiger partial charge in [0.25, 0.3) is 0 Å². The van der Waals surface area contributed by atoms with Gasteiger partial charge >= 0.3 is 0 Å². The number of sulfone groups is 1. The average molecular weight is 352 g/mol. The molecule has 2 heterocycles. The predicted octanol–water partition coefficient (Wildman–Crippen LogP) is 3.59. The summed E-state index contributed by atoms with van der Waals surface area (Å²) in [7, 11) is -3.31. The maximum absolute atomic E-state index is 13.7. The van der Waals surface area contributed by atoms with E-state index in [1.165, 1.54) is 6.08 Å². The van der Waals surface area contributed by atoms with Crippen LogP contribution in [0.25, 0.3) is 0 Å². The van der Waals surface area contributed by atoms with Crippen molar-refractivity contribution in [3.05, 3.63) is 46.3 Å². The summed E-state index contributed by atoms with van der Waals surface area (Å²) >= 11 is 0. The van der Waals surface area contributed by atoms with Crippen LogP contribution in [0.4, 0.5) is 22.0 Å². The minimum atomic E-state index is -3.31. The second-order valence-electron chi connectivity index (χ2n) is 5.93. The first kappa shape index (κ1) is 16.4. The predicted molar refractivity (Wildman–Crippen MR) is 73.0 cm³/mol. The molecule has 0 aliphatic carbocycles. The minimum Gasteiger partial charge on any atom is -0.228 e. The molecule has 2 aliphatic rings. The van der Waals surface area contributed by atoms with Crippen molar-refractivity contribution in [3.63, 3.8) is 0 Å². The monoisotopic (exact) mass is 352 g/mol. The van der Waals surface area contributed by atoms with E-state index in [1.54, 1.807) is 0 Å². The number of benzene rings is 1. The molecule has 2 aliphatic heterocycles. The smallest absolute Gasteiger partial charge is 0.200 e. The number of fused-ring (bicyclic) bond motifs is 2. The Morgan fingerprint density at radius 1 is 0.913 bits per heavy atom. The van der Waals surface area contributed by atoms with E-state index in [-0.39, 0.29) is 6.42 Å². The standard InChI is InChI=1S/C15H13F5O2S/c16-11-10(12(17)14(19)15(20)13(11)18)6-7-4-8-2-1-3-9(5-7)23(8,21)22/h4,8-9H,1-3,5-6H2. The van der Waals surface area contributed by atoms with Gasteiger partial charge in [0.15, 0.2) is 33.1 Å². The Balaban J connectivity index is 2.00. The third kappa shape index (κ3) is 2.56. The highest BCUT2D eigenvalue weighted by Gasteiger charge is 2.40. The maximum atomic E-state index is 13.7. The average Bonchev–Trinajstić information content (AvgIpc) is 2.48. The summed E-state index contributed by atoms with van der Waals surface area (Å²) in [5.41, 5.74) is -0.511. The molecule has 3 rings (SSSR count). The zero-order chi connectivity index (χ0) is 16.9. The largest absolute Gasteiger partial charge is 0.228 e. The van der Waals surface area contributed by atoms with Gasteiger partial charge in [-0.1, -0.05) is 18.1 Å². The third-order valence-electron chi connectivity index (χ3n) is 4.52. The van der Waals surface area contributed by atoms with E-state index < -0.39 is 61.4 Å². The molecule has 1 aromatic carbocycles. The van der Waals surface area contributed by atoms with Crippen molar-refractivity contribution < 1.29 is 30.4 Å². The minimum absolute atomic E-state index is 0.0678.